The molecule has 0 saturated carbocycles. The number of hydrogen-bond acceptors (Lipinski definition) is 5. The van der Waals surface area contributed by atoms with E-state index in [9.17, 15) is 9.18 Å². The molecule has 1 saturated heterocycles. The second-order valence-corrected chi connectivity index (χ2v) is 3.72. The third kappa shape index (κ3) is 1.94. The molecular formula is C10H12FN3O3. The molecule has 1 aliphatic rings. The van der Waals surface area contributed by atoms with Crippen molar-refractivity contribution in [3.05, 3.63) is 34.9 Å². The van der Waals surface area contributed by atoms with E-state index in [0.29, 0.717) is 0 Å². The van der Waals surface area contributed by atoms with E-state index in [4.69, 9.17) is 15.6 Å². The van der Waals surface area contributed by atoms with Crippen molar-refractivity contribution in [3.8, 4) is 0 Å². The molecule has 3 N–H and O–H groups in total. The maximum absolute atomic E-state index is 13.8. The van der Waals surface area contributed by atoms with Crippen LogP contribution >= 0.6 is 0 Å². The van der Waals surface area contributed by atoms with E-state index in [-0.39, 0.29) is 18.0 Å². The minimum atomic E-state index is -1.56. The molecule has 1 aliphatic heterocycles. The summed E-state index contributed by atoms with van der Waals surface area (Å²) < 4.78 is 20.0. The molecule has 0 aromatic carbocycles. The van der Waals surface area contributed by atoms with Crippen LogP contribution < -0.4 is 11.4 Å². The van der Waals surface area contributed by atoms with Crippen LogP contribution in [0.5, 0.6) is 0 Å². The first kappa shape index (κ1) is 11.7. The summed E-state index contributed by atoms with van der Waals surface area (Å²) >= 11 is 0. The average molecular weight is 241 g/mol. The molecule has 0 bridgehead atoms. The van der Waals surface area contributed by atoms with Gasteiger partial charge in [0.05, 0.1) is 6.61 Å². The van der Waals surface area contributed by atoms with Crippen molar-refractivity contribution < 1.29 is 14.2 Å². The largest absolute Gasteiger partial charge is 0.393 e. The van der Waals surface area contributed by atoms with E-state index in [2.05, 4.69) is 11.6 Å². The molecule has 6 nitrogen and oxygen atoms in total. The molecule has 0 unspecified atom stereocenters. The Kier molecular flexibility index (Phi) is 2.95. The predicted molar refractivity (Wildman–Crippen MR) is 57.9 cm³/mol. The molecular weight excluding hydrogens is 229 g/mol. The number of alkyl halides is 1. The molecule has 3 atom stereocenters. The summed E-state index contributed by atoms with van der Waals surface area (Å²) in [6, 6.07) is 1.37. The fraction of sp³-hybridized carbons (Fsp3) is 0.400. The summed E-state index contributed by atoms with van der Waals surface area (Å²) in [7, 11) is 0. The Morgan fingerprint density at radius 3 is 2.94 bits per heavy atom. The summed E-state index contributed by atoms with van der Waals surface area (Å²) in [4.78, 5) is 15.0. The monoisotopic (exact) mass is 241 g/mol. The summed E-state index contributed by atoms with van der Waals surface area (Å²) in [5.74, 6) is 0.0530. The molecule has 1 fully saturated rings. The van der Waals surface area contributed by atoms with Crippen molar-refractivity contribution in [1.29, 1.82) is 0 Å². The molecule has 17 heavy (non-hydrogen) atoms. The van der Waals surface area contributed by atoms with Crippen LogP contribution in [0.1, 0.15) is 6.23 Å². The first-order valence-corrected chi connectivity index (χ1v) is 4.98. The van der Waals surface area contributed by atoms with Crippen LogP contribution in [0.3, 0.4) is 0 Å². The Morgan fingerprint density at radius 2 is 2.41 bits per heavy atom. The van der Waals surface area contributed by atoms with Crippen LogP contribution in [0.15, 0.2) is 29.2 Å². The number of hydrogen-bond donors (Lipinski definition) is 2. The first-order valence-electron chi connectivity index (χ1n) is 4.98. The number of aliphatic hydroxyl groups excluding tert-OH is 1. The highest BCUT2D eigenvalue weighted by molar-refractivity contribution is 5.24. The van der Waals surface area contributed by atoms with Gasteiger partial charge in [-0.2, -0.15) is 4.98 Å². The Bertz CT molecular complexity index is 502. The maximum atomic E-state index is 13.8. The molecule has 0 radical (unpaired) electrons. The van der Waals surface area contributed by atoms with Gasteiger partial charge in [0.25, 0.3) is 0 Å². The molecule has 7 heteroatoms. The Morgan fingerprint density at radius 1 is 1.71 bits per heavy atom. The van der Waals surface area contributed by atoms with Crippen molar-refractivity contribution in [1.82, 2.24) is 9.55 Å². The molecule has 1 aromatic rings. The number of nitrogen functional groups attached to an aromatic ring is 1. The molecule has 92 valence electrons. The van der Waals surface area contributed by atoms with Crippen LogP contribution in [0, 0.1) is 0 Å². The third-order valence-corrected chi connectivity index (χ3v) is 2.61. The van der Waals surface area contributed by atoms with Crippen LogP contribution in [0.4, 0.5) is 10.2 Å². The van der Waals surface area contributed by atoms with Gasteiger partial charge < -0.3 is 15.6 Å². The Balaban J connectivity index is 2.35. The fourth-order valence-corrected chi connectivity index (χ4v) is 1.67. The van der Waals surface area contributed by atoms with Gasteiger partial charge in [0.15, 0.2) is 12.4 Å². The number of anilines is 1. The predicted octanol–water partition coefficient (Wildman–Crippen LogP) is -0.391. The summed E-state index contributed by atoms with van der Waals surface area (Å²) in [6.45, 7) is 3.11. The average Bonchev–Trinajstić information content (AvgIpc) is 2.57. The standard InChI is InChI=1S/C10H12FN3O3/c1-5-6(4-15)17-9(8(5)11)14-3-2-7(12)13-10(14)16/h2-3,6,8-9,15H,1,4H2,(H2,12,13,16)/t6-,8-,9-/m0/s1. The first-order chi connectivity index (χ1) is 8.04. The maximum Gasteiger partial charge on any atom is 0.351 e. The molecule has 1 aromatic heterocycles. The van der Waals surface area contributed by atoms with Gasteiger partial charge in [-0.05, 0) is 11.6 Å². The van der Waals surface area contributed by atoms with Gasteiger partial charge in [0, 0.05) is 6.20 Å². The van der Waals surface area contributed by atoms with E-state index in [0.717, 1.165) is 4.57 Å². The van der Waals surface area contributed by atoms with Crippen LogP contribution in [0.2, 0.25) is 0 Å². The van der Waals surface area contributed by atoms with Gasteiger partial charge in [-0.15, -0.1) is 0 Å². The number of halogens is 1. The lowest BCUT2D eigenvalue weighted by molar-refractivity contribution is -0.0374. The van der Waals surface area contributed by atoms with Crippen molar-refractivity contribution in [2.45, 2.75) is 18.5 Å². The zero-order valence-corrected chi connectivity index (χ0v) is 8.91. The normalized spacial score (nSPS) is 28.6. The van der Waals surface area contributed by atoms with Crippen molar-refractivity contribution >= 4 is 5.82 Å². The number of nitrogens with two attached hydrogens (primary N) is 1. The van der Waals surface area contributed by atoms with Gasteiger partial charge in [0.2, 0.25) is 0 Å². The van der Waals surface area contributed by atoms with E-state index in [1.165, 1.54) is 12.3 Å². The van der Waals surface area contributed by atoms with Crippen LogP contribution in [-0.2, 0) is 4.74 Å². The number of rotatable bonds is 2. The zero-order valence-electron chi connectivity index (χ0n) is 8.91. The number of aliphatic hydroxyl groups is 1. The molecule has 0 spiro atoms. The topological polar surface area (TPSA) is 90.4 Å². The van der Waals surface area contributed by atoms with E-state index >= 15 is 0 Å². The summed E-state index contributed by atoms with van der Waals surface area (Å²) in [5.41, 5.74) is 4.73. The lowest BCUT2D eigenvalue weighted by atomic mass is 10.1. The van der Waals surface area contributed by atoms with E-state index in [1.54, 1.807) is 0 Å². The second kappa shape index (κ2) is 4.27. The van der Waals surface area contributed by atoms with Crippen molar-refractivity contribution in [2.24, 2.45) is 0 Å². The minimum absolute atomic E-state index is 0.0530. The lowest BCUT2D eigenvalue weighted by Gasteiger charge is -2.15. The molecule has 2 heterocycles. The highest BCUT2D eigenvalue weighted by Gasteiger charge is 2.40. The molecule has 2 rings (SSSR count). The van der Waals surface area contributed by atoms with Crippen molar-refractivity contribution in [2.75, 3.05) is 12.3 Å². The summed E-state index contributed by atoms with van der Waals surface area (Å²) in [5, 5.41) is 8.96. The van der Waals surface area contributed by atoms with Crippen molar-refractivity contribution in [3.63, 3.8) is 0 Å². The van der Waals surface area contributed by atoms with E-state index < -0.39 is 24.2 Å². The van der Waals surface area contributed by atoms with Gasteiger partial charge in [-0.25, -0.2) is 9.18 Å². The number of nitrogens with zero attached hydrogens (tertiary/aromatic N) is 2. The fourth-order valence-electron chi connectivity index (χ4n) is 1.67. The van der Waals surface area contributed by atoms with Gasteiger partial charge in [-0.1, -0.05) is 6.58 Å². The van der Waals surface area contributed by atoms with Gasteiger partial charge in [0.1, 0.15) is 11.9 Å². The highest BCUT2D eigenvalue weighted by Crippen LogP contribution is 2.33. The Labute approximate surface area is 96.1 Å². The summed E-state index contributed by atoms with van der Waals surface area (Å²) in [6.07, 6.45) is -2.22. The zero-order chi connectivity index (χ0) is 12.6. The number of aromatic nitrogens is 2. The number of ether oxygens (including phenoxy) is 1. The van der Waals surface area contributed by atoms with E-state index in [1.807, 2.05) is 0 Å². The van der Waals surface area contributed by atoms with Gasteiger partial charge >= 0.3 is 5.69 Å². The van der Waals surface area contributed by atoms with Crippen LogP contribution in [0.25, 0.3) is 0 Å². The van der Waals surface area contributed by atoms with Gasteiger partial charge in [-0.3, -0.25) is 4.57 Å². The molecule has 0 aliphatic carbocycles. The smallest absolute Gasteiger partial charge is 0.351 e. The Hall–Kier alpha value is -1.73. The third-order valence-electron chi connectivity index (χ3n) is 2.61. The quantitative estimate of drug-likeness (QED) is 0.688. The minimum Gasteiger partial charge on any atom is -0.393 e. The second-order valence-electron chi connectivity index (χ2n) is 3.72. The lowest BCUT2D eigenvalue weighted by Crippen LogP contribution is -2.30. The molecule has 0 amide bonds. The highest BCUT2D eigenvalue weighted by atomic mass is 19.1. The van der Waals surface area contributed by atoms with Crippen LogP contribution in [-0.4, -0.2) is 33.5 Å². The SMILES string of the molecule is C=C1[C@H](CO)O[C@H](n2ccc(N)nc2=O)[C@H]1F.